The van der Waals surface area contributed by atoms with Crippen LogP contribution in [0.5, 0.6) is 11.5 Å². The Hall–Kier alpha value is -5.84. The van der Waals surface area contributed by atoms with Crippen LogP contribution in [0.3, 0.4) is 0 Å². The Labute approximate surface area is 289 Å². The minimum Gasteiger partial charge on any atom is -0.456 e. The molecule has 1 aromatic heterocycles. The van der Waals surface area contributed by atoms with Gasteiger partial charge in [-0.25, -0.2) is 4.79 Å². The molecule has 256 valence electrons. The summed E-state index contributed by atoms with van der Waals surface area (Å²) in [5.74, 6) is 1.14. The number of nitrogens with zero attached hydrogens (tertiary/aromatic N) is 4. The Balaban J connectivity index is 1.40. The number of ether oxygens (including phenoxy) is 1. The molecule has 1 N–H and O–H groups in total. The first-order valence-electron chi connectivity index (χ1n) is 17.1. The molecule has 2 aliphatic heterocycles. The van der Waals surface area contributed by atoms with E-state index in [9.17, 15) is 19.7 Å². The average Bonchev–Trinajstić information content (AvgIpc) is 3.36. The zero-order valence-corrected chi connectivity index (χ0v) is 28.6. The number of carbonyl (C=O) groups excluding carboxylic acids is 1. The highest BCUT2D eigenvalue weighted by atomic mass is 16.6. The van der Waals surface area contributed by atoms with Gasteiger partial charge in [-0.1, -0.05) is 42.5 Å². The summed E-state index contributed by atoms with van der Waals surface area (Å²) in [5, 5.41) is 15.6. The highest BCUT2D eigenvalue weighted by Crippen LogP contribution is 2.58. The minimum absolute atomic E-state index is 0.0561. The number of hydrogen-bond donors (Lipinski definition) is 1. The topological polar surface area (TPSA) is 121 Å². The normalized spacial score (nSPS) is 13.8. The van der Waals surface area contributed by atoms with Crippen molar-refractivity contribution in [2.75, 3.05) is 54.4 Å². The summed E-state index contributed by atoms with van der Waals surface area (Å²) in [7, 11) is 0. The molecule has 0 radical (unpaired) electrons. The highest BCUT2D eigenvalue weighted by molar-refractivity contribution is 6.02. The van der Waals surface area contributed by atoms with E-state index in [0.29, 0.717) is 22.4 Å². The van der Waals surface area contributed by atoms with Crippen LogP contribution in [-0.4, -0.2) is 55.0 Å². The lowest BCUT2D eigenvalue weighted by Gasteiger charge is -2.45. The predicted octanol–water partition coefficient (Wildman–Crippen LogP) is 7.36. The third kappa shape index (κ3) is 4.95. The van der Waals surface area contributed by atoms with Gasteiger partial charge in [0.05, 0.1) is 4.92 Å². The predicted molar refractivity (Wildman–Crippen MR) is 195 cm³/mol. The molecule has 2 aliphatic rings. The van der Waals surface area contributed by atoms with Crippen molar-refractivity contribution in [1.82, 2.24) is 4.90 Å². The van der Waals surface area contributed by atoms with Gasteiger partial charge in [0.25, 0.3) is 5.91 Å². The standard InChI is InChI=1S/C39H39N5O6/c1-5-41(6-2)25-17-19-30-33(23-25)49-34-24-26(42(7-3)8-4)18-20-31(34)39(30)29-15-11-9-13-27(29)37(45)43(39)22-21-40-35-28-14-10-12-16-32(28)50-38(46)36(35)44(47)48/h9-20,23-24,40H,5-8,21-22H2,1-4H3. The van der Waals surface area contributed by atoms with E-state index in [1.165, 1.54) is 0 Å². The second-order valence-corrected chi connectivity index (χ2v) is 12.3. The van der Waals surface area contributed by atoms with Crippen molar-refractivity contribution in [3.05, 3.63) is 128 Å². The molecule has 0 atom stereocenters. The molecule has 3 heterocycles. The number of hydrogen-bond acceptors (Lipinski definition) is 9. The average molecular weight is 674 g/mol. The molecule has 5 aromatic rings. The van der Waals surface area contributed by atoms with Gasteiger partial charge in [0.1, 0.15) is 28.3 Å². The molecule has 0 aliphatic carbocycles. The number of anilines is 3. The maximum absolute atomic E-state index is 14.6. The van der Waals surface area contributed by atoms with Gasteiger partial charge in [0.15, 0.2) is 0 Å². The molecule has 11 nitrogen and oxygen atoms in total. The van der Waals surface area contributed by atoms with E-state index >= 15 is 0 Å². The van der Waals surface area contributed by atoms with Crippen LogP contribution in [0, 0.1) is 10.1 Å². The molecule has 7 rings (SSSR count). The zero-order chi connectivity index (χ0) is 35.2. The Morgan fingerprint density at radius 1 is 0.780 bits per heavy atom. The molecular weight excluding hydrogens is 634 g/mol. The van der Waals surface area contributed by atoms with Gasteiger partial charge in [-0.05, 0) is 63.6 Å². The van der Waals surface area contributed by atoms with Gasteiger partial charge >= 0.3 is 11.3 Å². The Bertz CT molecular complexity index is 2130. The van der Waals surface area contributed by atoms with Gasteiger partial charge in [-0.3, -0.25) is 14.9 Å². The van der Waals surface area contributed by atoms with Crippen LogP contribution in [-0.2, 0) is 5.54 Å². The van der Waals surface area contributed by atoms with Gasteiger partial charge in [0, 0.05) is 84.9 Å². The second-order valence-electron chi connectivity index (χ2n) is 12.3. The van der Waals surface area contributed by atoms with Crippen LogP contribution >= 0.6 is 0 Å². The van der Waals surface area contributed by atoms with E-state index in [0.717, 1.165) is 54.2 Å². The first-order valence-corrected chi connectivity index (χ1v) is 17.1. The molecule has 0 bridgehead atoms. The summed E-state index contributed by atoms with van der Waals surface area (Å²) in [6.07, 6.45) is 0. The van der Waals surface area contributed by atoms with Gasteiger partial charge in [-0.15, -0.1) is 0 Å². The second kappa shape index (κ2) is 12.9. The number of fused-ring (bicyclic) bond motifs is 7. The molecule has 50 heavy (non-hydrogen) atoms. The molecule has 4 aromatic carbocycles. The van der Waals surface area contributed by atoms with E-state index in [4.69, 9.17) is 9.15 Å². The minimum atomic E-state index is -1.06. The molecule has 0 fully saturated rings. The number of nitro groups is 1. The van der Waals surface area contributed by atoms with Crippen molar-refractivity contribution in [3.63, 3.8) is 0 Å². The number of carbonyl (C=O) groups is 1. The lowest BCUT2D eigenvalue weighted by Crippen LogP contribution is -2.49. The third-order valence-corrected chi connectivity index (χ3v) is 9.99. The Morgan fingerprint density at radius 3 is 1.96 bits per heavy atom. The van der Waals surface area contributed by atoms with E-state index in [2.05, 4.69) is 79.2 Å². The lowest BCUT2D eigenvalue weighted by atomic mass is 9.74. The first kappa shape index (κ1) is 32.7. The van der Waals surface area contributed by atoms with E-state index < -0.39 is 21.8 Å². The van der Waals surface area contributed by atoms with Crippen molar-refractivity contribution in [2.45, 2.75) is 33.2 Å². The van der Waals surface area contributed by atoms with Crippen LogP contribution < -0.4 is 25.5 Å². The summed E-state index contributed by atoms with van der Waals surface area (Å²) in [6.45, 7) is 12.0. The van der Waals surface area contributed by atoms with Crippen LogP contribution in [0.4, 0.5) is 22.7 Å². The summed E-state index contributed by atoms with van der Waals surface area (Å²) in [6, 6.07) is 26.7. The zero-order valence-electron chi connectivity index (χ0n) is 28.6. The summed E-state index contributed by atoms with van der Waals surface area (Å²) >= 11 is 0. The lowest BCUT2D eigenvalue weighted by molar-refractivity contribution is -0.386. The Kier molecular flexibility index (Phi) is 8.43. The van der Waals surface area contributed by atoms with Crippen LogP contribution in [0.1, 0.15) is 54.7 Å². The molecule has 1 amide bonds. The van der Waals surface area contributed by atoms with Crippen LogP contribution in [0.2, 0.25) is 0 Å². The SMILES string of the molecule is CCN(CC)c1ccc2c(c1)Oc1cc(N(CC)CC)ccc1C21c2ccccc2C(=O)N1CCNc1c([N+](=O)[O-])c(=O)oc2ccccc12. The van der Waals surface area contributed by atoms with Crippen molar-refractivity contribution in [2.24, 2.45) is 0 Å². The Morgan fingerprint density at radius 2 is 1.36 bits per heavy atom. The van der Waals surface area contributed by atoms with Crippen LogP contribution in [0.25, 0.3) is 11.0 Å². The van der Waals surface area contributed by atoms with Crippen LogP contribution in [0.15, 0.2) is 94.1 Å². The van der Waals surface area contributed by atoms with Crippen molar-refractivity contribution < 1.29 is 18.9 Å². The summed E-state index contributed by atoms with van der Waals surface area (Å²) < 4.78 is 12.0. The quantitative estimate of drug-likeness (QED) is 0.0871. The number of para-hydroxylation sites is 1. The smallest absolute Gasteiger partial charge is 0.417 e. The van der Waals surface area contributed by atoms with Gasteiger partial charge < -0.3 is 29.2 Å². The van der Waals surface area contributed by atoms with Crippen molar-refractivity contribution in [1.29, 1.82) is 0 Å². The molecule has 0 saturated carbocycles. The van der Waals surface area contributed by atoms with E-state index in [1.54, 1.807) is 24.3 Å². The number of nitrogens with one attached hydrogen (secondary N) is 1. The monoisotopic (exact) mass is 673 g/mol. The number of rotatable bonds is 11. The van der Waals surface area contributed by atoms with Crippen molar-refractivity contribution >= 4 is 39.6 Å². The summed E-state index contributed by atoms with van der Waals surface area (Å²) in [4.78, 5) is 45.0. The maximum atomic E-state index is 14.6. The van der Waals surface area contributed by atoms with Gasteiger partial charge in [-0.2, -0.15) is 0 Å². The fourth-order valence-corrected chi connectivity index (χ4v) is 7.68. The third-order valence-electron chi connectivity index (χ3n) is 9.99. The first-order chi connectivity index (χ1) is 24.3. The maximum Gasteiger partial charge on any atom is 0.417 e. The number of benzene rings is 4. The molecule has 0 unspecified atom stereocenters. The highest BCUT2D eigenvalue weighted by Gasteiger charge is 2.56. The fourth-order valence-electron chi connectivity index (χ4n) is 7.68. The summed E-state index contributed by atoms with van der Waals surface area (Å²) in [5.41, 5.74) is 2.58. The van der Waals surface area contributed by atoms with Gasteiger partial charge in [0.2, 0.25) is 0 Å². The number of amides is 1. The van der Waals surface area contributed by atoms with E-state index in [-0.39, 0.29) is 30.3 Å². The fraction of sp³-hybridized carbons (Fsp3) is 0.282. The van der Waals surface area contributed by atoms with E-state index in [1.807, 2.05) is 29.2 Å². The molecule has 11 heteroatoms. The molecule has 1 spiro atoms. The molecular formula is C39H39N5O6. The molecule has 0 saturated heterocycles. The van der Waals surface area contributed by atoms with Crippen molar-refractivity contribution in [3.8, 4) is 11.5 Å². The largest absolute Gasteiger partial charge is 0.456 e.